The van der Waals surface area contributed by atoms with Crippen molar-refractivity contribution in [3.8, 4) is 0 Å². The fourth-order valence-electron chi connectivity index (χ4n) is 2.22. The number of hydrazine groups is 1. The molecule has 0 aliphatic heterocycles. The van der Waals surface area contributed by atoms with E-state index in [1.54, 1.807) is 0 Å². The van der Waals surface area contributed by atoms with Gasteiger partial charge >= 0.3 is 0 Å². The Labute approximate surface area is 96.5 Å². The van der Waals surface area contributed by atoms with Gasteiger partial charge in [-0.15, -0.1) is 0 Å². The first-order chi connectivity index (χ1) is 7.79. The Morgan fingerprint density at radius 3 is 3.00 bits per heavy atom. The number of rotatable bonds is 4. The average Bonchev–Trinajstić information content (AvgIpc) is 2.74. The molecule has 1 aliphatic rings. The van der Waals surface area contributed by atoms with Crippen molar-refractivity contribution in [3.05, 3.63) is 29.6 Å². The summed E-state index contributed by atoms with van der Waals surface area (Å²) >= 11 is 0. The minimum atomic E-state index is 0.144. The minimum absolute atomic E-state index is 0.144. The molecule has 1 unspecified atom stereocenters. The van der Waals surface area contributed by atoms with Crippen LogP contribution >= 0.6 is 0 Å². The van der Waals surface area contributed by atoms with Crippen molar-refractivity contribution < 1.29 is 0 Å². The normalized spacial score (nSPS) is 18.2. The third-order valence-electron chi connectivity index (χ3n) is 3.14. The number of nitrogens with two attached hydrogens (primary N) is 1. The van der Waals surface area contributed by atoms with E-state index in [9.17, 15) is 0 Å². The summed E-state index contributed by atoms with van der Waals surface area (Å²) in [4.78, 5) is 0. The topological polar surface area (TPSA) is 55.9 Å². The highest BCUT2D eigenvalue weighted by atomic mass is 15.3. The van der Waals surface area contributed by atoms with Crippen LogP contribution in [0.2, 0.25) is 0 Å². The first-order valence-electron chi connectivity index (χ1n) is 5.93. The number of hydrogen-bond donors (Lipinski definition) is 2. The molecular weight excluding hydrogens is 200 g/mol. The van der Waals surface area contributed by atoms with Crippen LogP contribution in [-0.4, -0.2) is 9.78 Å². The van der Waals surface area contributed by atoms with Crippen LogP contribution in [0.1, 0.15) is 43.8 Å². The summed E-state index contributed by atoms with van der Waals surface area (Å²) in [5, 5.41) is 4.39. The van der Waals surface area contributed by atoms with Gasteiger partial charge in [-0.1, -0.05) is 11.6 Å². The van der Waals surface area contributed by atoms with Crippen LogP contribution in [0.15, 0.2) is 23.9 Å². The first kappa shape index (κ1) is 11.4. The fourth-order valence-corrected chi connectivity index (χ4v) is 2.22. The van der Waals surface area contributed by atoms with Crippen molar-refractivity contribution in [3.63, 3.8) is 0 Å². The molecule has 16 heavy (non-hydrogen) atoms. The van der Waals surface area contributed by atoms with Crippen molar-refractivity contribution in [1.29, 1.82) is 0 Å². The lowest BCUT2D eigenvalue weighted by Crippen LogP contribution is -2.29. The Morgan fingerprint density at radius 2 is 2.44 bits per heavy atom. The summed E-state index contributed by atoms with van der Waals surface area (Å²) < 4.78 is 1.81. The van der Waals surface area contributed by atoms with Gasteiger partial charge in [-0.25, -0.2) is 0 Å². The molecule has 0 radical (unpaired) electrons. The molecular formula is C12H20N4. The molecule has 4 nitrogen and oxygen atoms in total. The maximum absolute atomic E-state index is 5.60. The van der Waals surface area contributed by atoms with Gasteiger partial charge in [-0.05, 0) is 38.2 Å². The SMILES string of the molecule is Cn1ccc(C(CC2=CCCCC2)NN)n1. The quantitative estimate of drug-likeness (QED) is 0.462. The van der Waals surface area contributed by atoms with Gasteiger partial charge in [0.05, 0.1) is 11.7 Å². The van der Waals surface area contributed by atoms with Gasteiger partial charge in [0.25, 0.3) is 0 Å². The molecule has 88 valence electrons. The zero-order chi connectivity index (χ0) is 11.4. The summed E-state index contributed by atoms with van der Waals surface area (Å²) in [5.41, 5.74) is 5.40. The van der Waals surface area contributed by atoms with Gasteiger partial charge in [0.15, 0.2) is 0 Å². The molecule has 0 saturated carbocycles. The Morgan fingerprint density at radius 1 is 1.56 bits per heavy atom. The smallest absolute Gasteiger partial charge is 0.0810 e. The van der Waals surface area contributed by atoms with Crippen LogP contribution in [-0.2, 0) is 7.05 Å². The predicted octanol–water partition coefficient (Wildman–Crippen LogP) is 1.81. The van der Waals surface area contributed by atoms with Gasteiger partial charge in [0, 0.05) is 13.2 Å². The third-order valence-corrected chi connectivity index (χ3v) is 3.14. The van der Waals surface area contributed by atoms with Crippen molar-refractivity contribution in [2.24, 2.45) is 12.9 Å². The Balaban J connectivity index is 2.02. The molecule has 0 saturated heterocycles. The van der Waals surface area contributed by atoms with E-state index < -0.39 is 0 Å². The van der Waals surface area contributed by atoms with Gasteiger partial charge in [-0.3, -0.25) is 16.0 Å². The highest BCUT2D eigenvalue weighted by molar-refractivity contribution is 5.13. The second kappa shape index (κ2) is 5.27. The van der Waals surface area contributed by atoms with E-state index in [-0.39, 0.29) is 6.04 Å². The van der Waals surface area contributed by atoms with Crippen LogP contribution < -0.4 is 11.3 Å². The molecule has 0 spiro atoms. The summed E-state index contributed by atoms with van der Waals surface area (Å²) in [6, 6.07) is 2.17. The molecule has 0 fully saturated rings. The average molecular weight is 220 g/mol. The van der Waals surface area contributed by atoms with Crippen molar-refractivity contribution in [2.75, 3.05) is 0 Å². The Kier molecular flexibility index (Phi) is 3.74. The molecule has 0 aromatic carbocycles. The molecule has 2 rings (SSSR count). The van der Waals surface area contributed by atoms with Crippen LogP contribution in [0.5, 0.6) is 0 Å². The standard InChI is InChI=1S/C12H20N4/c1-16-8-7-11(15-16)12(14-13)9-10-5-3-2-4-6-10/h5,7-8,12,14H,2-4,6,9,13H2,1H3. The number of allylic oxidation sites excluding steroid dienone is 1. The molecule has 0 amide bonds. The monoisotopic (exact) mass is 220 g/mol. The van der Waals surface area contributed by atoms with E-state index in [1.807, 2.05) is 24.0 Å². The van der Waals surface area contributed by atoms with E-state index in [4.69, 9.17) is 5.84 Å². The lowest BCUT2D eigenvalue weighted by atomic mass is 9.93. The molecule has 3 N–H and O–H groups in total. The number of nitrogens with one attached hydrogen (secondary N) is 1. The lowest BCUT2D eigenvalue weighted by Gasteiger charge is -2.18. The molecule has 1 aromatic rings. The number of nitrogens with zero attached hydrogens (tertiary/aromatic N) is 2. The second-order valence-electron chi connectivity index (χ2n) is 4.45. The van der Waals surface area contributed by atoms with E-state index in [0.717, 1.165) is 12.1 Å². The highest BCUT2D eigenvalue weighted by Gasteiger charge is 2.15. The maximum atomic E-state index is 5.60. The molecule has 1 atom stereocenters. The zero-order valence-corrected chi connectivity index (χ0v) is 9.82. The summed E-state index contributed by atoms with van der Waals surface area (Å²) in [7, 11) is 1.93. The van der Waals surface area contributed by atoms with Crippen LogP contribution in [0.4, 0.5) is 0 Å². The van der Waals surface area contributed by atoms with Crippen molar-refractivity contribution in [2.45, 2.75) is 38.1 Å². The highest BCUT2D eigenvalue weighted by Crippen LogP contribution is 2.26. The van der Waals surface area contributed by atoms with E-state index in [1.165, 1.54) is 31.3 Å². The van der Waals surface area contributed by atoms with Crippen LogP contribution in [0.25, 0.3) is 0 Å². The Bertz CT molecular complexity index is 367. The van der Waals surface area contributed by atoms with Gasteiger partial charge in [0.1, 0.15) is 0 Å². The summed E-state index contributed by atoms with van der Waals surface area (Å²) in [6.45, 7) is 0. The molecule has 1 aliphatic carbocycles. The third kappa shape index (κ3) is 2.71. The second-order valence-corrected chi connectivity index (χ2v) is 4.45. The Hall–Kier alpha value is -1.13. The van der Waals surface area contributed by atoms with E-state index in [0.29, 0.717) is 0 Å². The van der Waals surface area contributed by atoms with E-state index in [2.05, 4.69) is 16.6 Å². The largest absolute Gasteiger partial charge is 0.275 e. The molecule has 1 aromatic heterocycles. The molecule has 4 heteroatoms. The van der Waals surface area contributed by atoms with Gasteiger partial charge < -0.3 is 0 Å². The van der Waals surface area contributed by atoms with Gasteiger partial charge in [0.2, 0.25) is 0 Å². The zero-order valence-electron chi connectivity index (χ0n) is 9.82. The van der Waals surface area contributed by atoms with Crippen LogP contribution in [0, 0.1) is 0 Å². The molecule has 0 bridgehead atoms. The van der Waals surface area contributed by atoms with Crippen LogP contribution in [0.3, 0.4) is 0 Å². The van der Waals surface area contributed by atoms with Gasteiger partial charge in [-0.2, -0.15) is 5.10 Å². The molecule has 1 heterocycles. The fraction of sp³-hybridized carbons (Fsp3) is 0.583. The van der Waals surface area contributed by atoms with Crippen molar-refractivity contribution >= 4 is 0 Å². The number of hydrogen-bond acceptors (Lipinski definition) is 3. The number of aromatic nitrogens is 2. The predicted molar refractivity (Wildman–Crippen MR) is 64.4 cm³/mol. The minimum Gasteiger partial charge on any atom is -0.275 e. The maximum Gasteiger partial charge on any atom is 0.0810 e. The summed E-state index contributed by atoms with van der Waals surface area (Å²) in [6.07, 6.45) is 10.4. The first-order valence-corrected chi connectivity index (χ1v) is 5.93. The van der Waals surface area contributed by atoms with Crippen molar-refractivity contribution in [1.82, 2.24) is 15.2 Å². The number of aryl methyl sites for hydroxylation is 1. The van der Waals surface area contributed by atoms with E-state index >= 15 is 0 Å². The summed E-state index contributed by atoms with van der Waals surface area (Å²) in [5.74, 6) is 5.60. The lowest BCUT2D eigenvalue weighted by molar-refractivity contribution is 0.510.